The lowest BCUT2D eigenvalue weighted by atomic mass is 9.77. The Labute approximate surface area is 235 Å². The number of hydrogen-bond acceptors (Lipinski definition) is 8. The fourth-order valence-corrected chi connectivity index (χ4v) is 8.50. The molecule has 4 bridgehead atoms. The molecule has 3 saturated heterocycles. The summed E-state index contributed by atoms with van der Waals surface area (Å²) < 4.78 is 0. The Hall–Kier alpha value is -3.83. The summed E-state index contributed by atoms with van der Waals surface area (Å²) in [6.45, 7) is 3.82. The number of aromatic nitrogens is 3. The van der Waals surface area contributed by atoms with E-state index in [-0.39, 0.29) is 5.75 Å². The second-order valence-corrected chi connectivity index (χ2v) is 12.3. The van der Waals surface area contributed by atoms with E-state index in [2.05, 4.69) is 53.9 Å². The number of likely N-dealkylation sites (tertiary alicyclic amines) is 1. The second kappa shape index (κ2) is 9.38. The summed E-state index contributed by atoms with van der Waals surface area (Å²) in [4.78, 5) is 12.1. The van der Waals surface area contributed by atoms with Gasteiger partial charge in [0.2, 0.25) is 0 Å². The van der Waals surface area contributed by atoms with Crippen LogP contribution in [0.5, 0.6) is 5.75 Å². The lowest BCUT2D eigenvalue weighted by Gasteiger charge is -2.50. The maximum atomic E-state index is 10.3. The molecular formula is C32H35N7O. The summed E-state index contributed by atoms with van der Waals surface area (Å²) >= 11 is 0. The molecule has 3 N–H and O–H groups in total. The van der Waals surface area contributed by atoms with E-state index >= 15 is 0 Å². The number of phenols is 1. The molecule has 8 rings (SSSR count). The van der Waals surface area contributed by atoms with Crippen LogP contribution in [-0.2, 0) is 0 Å². The van der Waals surface area contributed by atoms with Crippen LogP contribution < -0.4 is 15.5 Å². The minimum atomic E-state index is 0.189. The third-order valence-corrected chi connectivity index (χ3v) is 10.3. The van der Waals surface area contributed by atoms with Crippen LogP contribution in [0.2, 0.25) is 0 Å². The number of anilines is 3. The molecule has 6 unspecified atom stereocenters. The Morgan fingerprint density at radius 2 is 1.77 bits per heavy atom. The van der Waals surface area contributed by atoms with Crippen molar-refractivity contribution < 1.29 is 5.11 Å². The van der Waals surface area contributed by atoms with Crippen LogP contribution in [0.4, 0.5) is 17.2 Å². The van der Waals surface area contributed by atoms with Gasteiger partial charge in [0.05, 0.1) is 17.9 Å². The predicted octanol–water partition coefficient (Wildman–Crippen LogP) is 3.77. The second-order valence-electron chi connectivity index (χ2n) is 12.3. The predicted molar refractivity (Wildman–Crippen MR) is 156 cm³/mol. The Morgan fingerprint density at radius 3 is 2.60 bits per heavy atom. The van der Waals surface area contributed by atoms with Gasteiger partial charge in [-0.15, -0.1) is 10.2 Å². The smallest absolute Gasteiger partial charge is 0.169 e. The molecule has 3 aliphatic heterocycles. The fraction of sp³-hybridized carbons (Fsp3) is 0.469. The third kappa shape index (κ3) is 3.90. The maximum absolute atomic E-state index is 10.3. The van der Waals surface area contributed by atoms with Crippen molar-refractivity contribution in [3.05, 3.63) is 54.4 Å². The Bertz CT molecular complexity index is 1500. The molecule has 8 heteroatoms. The zero-order chi connectivity index (χ0) is 26.8. The van der Waals surface area contributed by atoms with Gasteiger partial charge >= 0.3 is 0 Å². The lowest BCUT2D eigenvalue weighted by molar-refractivity contribution is -0.0105. The largest absolute Gasteiger partial charge is 0.507 e. The van der Waals surface area contributed by atoms with Crippen molar-refractivity contribution in [3.63, 3.8) is 0 Å². The SMILES string of the molecule is Nc1nnc(-c2ccccc2O)cc1N1CC2CCC(C1)N2c1ccnc(C#CCN2CC3C4CCC(C4)C32)c1. The van der Waals surface area contributed by atoms with Crippen LogP contribution in [0.25, 0.3) is 11.3 Å². The zero-order valence-electron chi connectivity index (χ0n) is 22.7. The van der Waals surface area contributed by atoms with E-state index < -0.39 is 0 Å². The summed E-state index contributed by atoms with van der Waals surface area (Å²) in [5.41, 5.74) is 10.6. The summed E-state index contributed by atoms with van der Waals surface area (Å²) in [5.74, 6) is 10.3. The van der Waals surface area contributed by atoms with Gasteiger partial charge in [0.25, 0.3) is 0 Å². The summed E-state index contributed by atoms with van der Waals surface area (Å²) in [7, 11) is 0. The molecule has 1 aromatic carbocycles. The Morgan fingerprint density at radius 1 is 0.950 bits per heavy atom. The number of fused-ring (bicyclic) bond motifs is 7. The molecule has 2 aliphatic carbocycles. The van der Waals surface area contributed by atoms with Gasteiger partial charge in [0.15, 0.2) is 5.82 Å². The first kappa shape index (κ1) is 24.0. The Kier molecular flexibility index (Phi) is 5.63. The Balaban J connectivity index is 0.972. The van der Waals surface area contributed by atoms with E-state index in [1.54, 1.807) is 12.1 Å². The summed E-state index contributed by atoms with van der Waals surface area (Å²) in [6.07, 6.45) is 8.52. The molecule has 5 heterocycles. The van der Waals surface area contributed by atoms with Gasteiger partial charge in [-0.05, 0) is 86.1 Å². The quantitative estimate of drug-likeness (QED) is 0.490. The van der Waals surface area contributed by atoms with Crippen molar-refractivity contribution in [1.82, 2.24) is 20.1 Å². The van der Waals surface area contributed by atoms with E-state index in [0.717, 1.165) is 67.7 Å². The van der Waals surface area contributed by atoms with Crippen molar-refractivity contribution in [1.29, 1.82) is 0 Å². The van der Waals surface area contributed by atoms with Crippen LogP contribution >= 0.6 is 0 Å². The van der Waals surface area contributed by atoms with Crippen molar-refractivity contribution in [2.45, 2.75) is 50.2 Å². The minimum absolute atomic E-state index is 0.189. The molecule has 2 aromatic heterocycles. The van der Waals surface area contributed by atoms with Gasteiger partial charge in [0, 0.05) is 55.2 Å². The third-order valence-electron chi connectivity index (χ3n) is 10.3. The monoisotopic (exact) mass is 533 g/mol. The van der Waals surface area contributed by atoms with Crippen molar-refractivity contribution in [3.8, 4) is 28.8 Å². The van der Waals surface area contributed by atoms with Crippen LogP contribution in [0.3, 0.4) is 0 Å². The van der Waals surface area contributed by atoms with E-state index in [0.29, 0.717) is 29.2 Å². The van der Waals surface area contributed by atoms with Gasteiger partial charge in [-0.1, -0.05) is 18.1 Å². The number of para-hydroxylation sites is 1. The molecule has 0 spiro atoms. The van der Waals surface area contributed by atoms with Crippen molar-refractivity contribution >= 4 is 17.2 Å². The molecular weight excluding hydrogens is 498 g/mol. The van der Waals surface area contributed by atoms with Gasteiger partial charge < -0.3 is 20.6 Å². The van der Waals surface area contributed by atoms with E-state index in [1.165, 1.54) is 31.5 Å². The number of phenolic OH excluding ortho intramolecular Hbond substituents is 1. The normalized spacial score (nSPS) is 30.1. The minimum Gasteiger partial charge on any atom is -0.507 e. The first-order valence-electron chi connectivity index (χ1n) is 14.8. The van der Waals surface area contributed by atoms with Gasteiger partial charge in [-0.3, -0.25) is 4.90 Å². The van der Waals surface area contributed by atoms with Crippen LogP contribution in [0.15, 0.2) is 48.7 Å². The van der Waals surface area contributed by atoms with Crippen molar-refractivity contribution in [2.24, 2.45) is 17.8 Å². The number of pyridine rings is 1. The molecule has 40 heavy (non-hydrogen) atoms. The van der Waals surface area contributed by atoms with Crippen molar-refractivity contribution in [2.75, 3.05) is 41.7 Å². The van der Waals surface area contributed by atoms with Gasteiger partial charge in [0.1, 0.15) is 11.4 Å². The summed E-state index contributed by atoms with van der Waals surface area (Å²) in [6, 6.07) is 15.0. The fourth-order valence-electron chi connectivity index (χ4n) is 8.50. The molecule has 204 valence electrons. The lowest BCUT2D eigenvalue weighted by Crippen LogP contribution is -2.58. The molecule has 5 aliphatic rings. The molecule has 8 nitrogen and oxygen atoms in total. The first-order chi connectivity index (χ1) is 19.6. The zero-order valence-corrected chi connectivity index (χ0v) is 22.7. The van der Waals surface area contributed by atoms with E-state index in [1.807, 2.05) is 24.4 Å². The van der Waals surface area contributed by atoms with Gasteiger partial charge in [-0.25, -0.2) is 4.98 Å². The highest BCUT2D eigenvalue weighted by molar-refractivity contribution is 5.74. The molecule has 0 amide bonds. The van der Waals surface area contributed by atoms with E-state index in [9.17, 15) is 5.11 Å². The van der Waals surface area contributed by atoms with Gasteiger partial charge in [-0.2, -0.15) is 0 Å². The molecule has 3 aromatic rings. The molecule has 0 radical (unpaired) electrons. The molecule has 2 saturated carbocycles. The van der Waals surface area contributed by atoms with E-state index in [4.69, 9.17) is 5.73 Å². The van der Waals surface area contributed by atoms with Crippen LogP contribution in [-0.4, -0.2) is 69.5 Å². The number of piperazine rings is 1. The number of hydrogen-bond donors (Lipinski definition) is 2. The number of nitrogens with zero attached hydrogens (tertiary/aromatic N) is 6. The maximum Gasteiger partial charge on any atom is 0.169 e. The van der Waals surface area contributed by atoms with Crippen LogP contribution in [0, 0.1) is 29.6 Å². The molecule has 6 atom stereocenters. The first-order valence-corrected chi connectivity index (χ1v) is 14.8. The highest BCUT2D eigenvalue weighted by Crippen LogP contribution is 2.55. The average molecular weight is 534 g/mol. The number of rotatable bonds is 4. The highest BCUT2D eigenvalue weighted by atomic mass is 16.3. The summed E-state index contributed by atoms with van der Waals surface area (Å²) in [5, 5.41) is 18.8. The average Bonchev–Trinajstić information content (AvgIpc) is 3.60. The highest BCUT2D eigenvalue weighted by Gasteiger charge is 2.55. The van der Waals surface area contributed by atoms with Crippen LogP contribution in [0.1, 0.15) is 37.8 Å². The number of benzene rings is 1. The number of nitrogen functional groups attached to an aromatic ring is 1. The number of nitrogens with two attached hydrogens (primary N) is 1. The number of aromatic hydroxyl groups is 1. The standard InChI is InChI=1S/C32H35N7O/c33-32-29(16-28(35-36-32)26-5-1-2-6-30(26)40)38-17-24-9-10-25(18-38)39(24)23-11-12-34-22(15-23)4-3-13-37-19-27-20-7-8-21(14-20)31(27)37/h1-2,5-6,11-12,15-16,20-21,24-25,27,31,40H,7-10,13-14,17-19H2,(H2,33,36). The topological polar surface area (TPSA) is 94.6 Å². The molecule has 5 fully saturated rings.